The Morgan fingerprint density at radius 1 is 1.29 bits per heavy atom. The van der Waals surface area contributed by atoms with Crippen molar-refractivity contribution in [2.45, 2.75) is 40.7 Å². The summed E-state index contributed by atoms with van der Waals surface area (Å²) in [6.07, 6.45) is 0.944. The lowest BCUT2D eigenvalue weighted by Crippen LogP contribution is -2.31. The molecular formula is C18H26N2O. The Morgan fingerprint density at radius 3 is 2.67 bits per heavy atom. The van der Waals surface area contributed by atoms with Gasteiger partial charge in [-0.15, -0.1) is 0 Å². The van der Waals surface area contributed by atoms with Gasteiger partial charge in [0.05, 0.1) is 0 Å². The van der Waals surface area contributed by atoms with Crippen LogP contribution in [-0.4, -0.2) is 19.0 Å². The number of benzene rings is 1. The Morgan fingerprint density at radius 2 is 2.00 bits per heavy atom. The molecule has 1 fully saturated rings. The van der Waals surface area contributed by atoms with Gasteiger partial charge in [-0.25, -0.2) is 0 Å². The number of rotatable bonds is 3. The molecule has 3 nitrogen and oxygen atoms in total. The third kappa shape index (κ3) is 2.28. The first-order valence-corrected chi connectivity index (χ1v) is 7.95. The lowest BCUT2D eigenvalue weighted by Gasteiger charge is -2.20. The van der Waals surface area contributed by atoms with Crippen molar-refractivity contribution in [3.63, 3.8) is 0 Å². The zero-order chi connectivity index (χ0) is 15.3. The van der Waals surface area contributed by atoms with Crippen LogP contribution in [0.5, 0.6) is 0 Å². The quantitative estimate of drug-likeness (QED) is 0.897. The molecule has 0 atom stereocenters. The second-order valence-electron chi connectivity index (χ2n) is 7.58. The van der Waals surface area contributed by atoms with Crippen LogP contribution in [0.2, 0.25) is 0 Å². The molecule has 0 saturated heterocycles. The first-order chi connectivity index (χ1) is 9.85. The zero-order valence-corrected chi connectivity index (χ0v) is 13.5. The molecule has 0 radical (unpaired) electrons. The molecular weight excluding hydrogens is 260 g/mol. The van der Waals surface area contributed by atoms with E-state index < -0.39 is 0 Å². The molecule has 2 aliphatic rings. The zero-order valence-electron chi connectivity index (χ0n) is 13.5. The van der Waals surface area contributed by atoms with E-state index >= 15 is 0 Å². The first kappa shape index (κ1) is 14.6. The molecule has 1 aromatic carbocycles. The first-order valence-electron chi connectivity index (χ1n) is 7.95. The average Bonchev–Trinajstić information content (AvgIpc) is 2.85. The van der Waals surface area contributed by atoms with Gasteiger partial charge < -0.3 is 10.6 Å². The minimum absolute atomic E-state index is 0.0900. The second kappa shape index (κ2) is 4.84. The molecule has 0 bridgehead atoms. The van der Waals surface area contributed by atoms with E-state index in [4.69, 9.17) is 0 Å². The monoisotopic (exact) mass is 286 g/mol. The molecule has 1 amide bonds. The van der Waals surface area contributed by atoms with E-state index in [2.05, 4.69) is 44.4 Å². The van der Waals surface area contributed by atoms with Crippen LogP contribution in [-0.2, 0) is 13.0 Å². The molecule has 0 unspecified atom stereocenters. The predicted molar refractivity (Wildman–Crippen MR) is 85.2 cm³/mol. The third-order valence-electron chi connectivity index (χ3n) is 6.17. The molecule has 2 N–H and O–H groups in total. The van der Waals surface area contributed by atoms with Gasteiger partial charge in [-0.3, -0.25) is 4.79 Å². The lowest BCUT2D eigenvalue weighted by molar-refractivity contribution is 0.0948. The highest BCUT2D eigenvalue weighted by molar-refractivity contribution is 5.96. The van der Waals surface area contributed by atoms with Gasteiger partial charge >= 0.3 is 0 Å². The van der Waals surface area contributed by atoms with Crippen molar-refractivity contribution in [2.24, 2.45) is 16.7 Å². The Kier molecular flexibility index (Phi) is 3.36. The molecule has 3 rings (SSSR count). The molecule has 0 aromatic heterocycles. The number of nitrogens with one attached hydrogen (secondary N) is 2. The van der Waals surface area contributed by atoms with E-state index in [1.165, 1.54) is 11.1 Å². The van der Waals surface area contributed by atoms with E-state index in [0.29, 0.717) is 16.7 Å². The van der Waals surface area contributed by atoms with Crippen molar-refractivity contribution in [3.05, 3.63) is 34.9 Å². The van der Waals surface area contributed by atoms with Crippen LogP contribution in [0.1, 0.15) is 49.2 Å². The number of amides is 1. The smallest absolute Gasteiger partial charge is 0.251 e. The lowest BCUT2D eigenvalue weighted by atomic mass is 9.95. The summed E-state index contributed by atoms with van der Waals surface area (Å²) in [5, 5.41) is 6.52. The summed E-state index contributed by atoms with van der Waals surface area (Å²) in [6, 6.07) is 6.07. The molecule has 1 heterocycles. The van der Waals surface area contributed by atoms with Crippen molar-refractivity contribution in [3.8, 4) is 0 Å². The third-order valence-corrected chi connectivity index (χ3v) is 6.17. The Balaban J connectivity index is 1.70. The topological polar surface area (TPSA) is 41.1 Å². The van der Waals surface area contributed by atoms with Crippen LogP contribution in [0.25, 0.3) is 0 Å². The summed E-state index contributed by atoms with van der Waals surface area (Å²) in [7, 11) is 0. The second-order valence-corrected chi connectivity index (χ2v) is 7.58. The minimum Gasteiger partial charge on any atom is -0.352 e. The fourth-order valence-electron chi connectivity index (χ4n) is 3.88. The number of fused-ring (bicyclic) bond motifs is 1. The van der Waals surface area contributed by atoms with Gasteiger partial charge in [-0.05, 0) is 46.9 Å². The molecule has 1 aromatic rings. The summed E-state index contributed by atoms with van der Waals surface area (Å²) in [5.74, 6) is 0.655. The van der Waals surface area contributed by atoms with Crippen molar-refractivity contribution >= 4 is 5.91 Å². The summed E-state index contributed by atoms with van der Waals surface area (Å²) >= 11 is 0. The van der Waals surface area contributed by atoms with E-state index in [0.717, 1.165) is 31.6 Å². The summed E-state index contributed by atoms with van der Waals surface area (Å²) in [4.78, 5) is 12.5. The predicted octanol–water partition coefficient (Wildman–Crippen LogP) is 2.74. The van der Waals surface area contributed by atoms with Crippen LogP contribution in [0.4, 0.5) is 0 Å². The van der Waals surface area contributed by atoms with E-state index in [1.54, 1.807) is 0 Å². The molecule has 1 saturated carbocycles. The van der Waals surface area contributed by atoms with E-state index in [1.807, 2.05) is 12.1 Å². The van der Waals surface area contributed by atoms with Gasteiger partial charge in [0.2, 0.25) is 0 Å². The van der Waals surface area contributed by atoms with Gasteiger partial charge in [-0.1, -0.05) is 39.8 Å². The number of carbonyl (C=O) groups excluding carboxylic acids is 1. The highest BCUT2D eigenvalue weighted by atomic mass is 16.1. The van der Waals surface area contributed by atoms with Gasteiger partial charge in [0.25, 0.3) is 5.91 Å². The van der Waals surface area contributed by atoms with Crippen LogP contribution in [0, 0.1) is 16.7 Å². The van der Waals surface area contributed by atoms with Gasteiger partial charge in [-0.2, -0.15) is 0 Å². The van der Waals surface area contributed by atoms with E-state index in [9.17, 15) is 4.79 Å². The minimum atomic E-state index is 0.0900. The fraction of sp³-hybridized carbons (Fsp3) is 0.611. The van der Waals surface area contributed by atoms with Crippen molar-refractivity contribution in [2.75, 3.05) is 13.1 Å². The average molecular weight is 286 g/mol. The maximum atomic E-state index is 12.5. The molecule has 21 heavy (non-hydrogen) atoms. The van der Waals surface area contributed by atoms with Crippen LogP contribution in [0.15, 0.2) is 18.2 Å². The Bertz CT molecular complexity index is 561. The maximum Gasteiger partial charge on any atom is 0.251 e. The highest BCUT2D eigenvalue weighted by Gasteiger charge is 2.64. The van der Waals surface area contributed by atoms with Crippen molar-refractivity contribution in [1.29, 1.82) is 0 Å². The van der Waals surface area contributed by atoms with Crippen molar-refractivity contribution < 1.29 is 4.79 Å². The summed E-state index contributed by atoms with van der Waals surface area (Å²) in [5.41, 5.74) is 4.00. The van der Waals surface area contributed by atoms with Crippen molar-refractivity contribution in [1.82, 2.24) is 10.6 Å². The highest BCUT2D eigenvalue weighted by Crippen LogP contribution is 2.67. The molecule has 3 heteroatoms. The number of hydrogen-bond donors (Lipinski definition) is 2. The Labute approximate surface area is 127 Å². The number of hydrogen-bond acceptors (Lipinski definition) is 2. The summed E-state index contributed by atoms with van der Waals surface area (Å²) in [6.45, 7) is 11.8. The molecule has 1 aliphatic heterocycles. The van der Waals surface area contributed by atoms with E-state index in [-0.39, 0.29) is 5.91 Å². The Hall–Kier alpha value is -1.35. The molecule has 1 aliphatic carbocycles. The van der Waals surface area contributed by atoms with Crippen LogP contribution >= 0.6 is 0 Å². The fourth-order valence-corrected chi connectivity index (χ4v) is 3.88. The van der Waals surface area contributed by atoms with Crippen LogP contribution in [0.3, 0.4) is 0 Å². The SMILES string of the molecule is CC1(C)C(CNC(=O)c2cccc3c2CCNC3)C1(C)C. The molecule has 114 valence electrons. The largest absolute Gasteiger partial charge is 0.352 e. The standard InChI is InChI=1S/C18H26N2O/c1-17(2)15(18(17,3)4)11-20-16(21)14-7-5-6-12-10-19-9-8-13(12)14/h5-7,15,19H,8-11H2,1-4H3,(H,20,21). The normalized spacial score (nSPS) is 22.5. The number of carbonyl (C=O) groups is 1. The summed E-state index contributed by atoms with van der Waals surface area (Å²) < 4.78 is 0. The maximum absolute atomic E-state index is 12.5. The molecule has 0 spiro atoms. The van der Waals surface area contributed by atoms with Gasteiger partial charge in [0.15, 0.2) is 0 Å². The van der Waals surface area contributed by atoms with Gasteiger partial charge in [0.1, 0.15) is 0 Å². The van der Waals surface area contributed by atoms with Gasteiger partial charge in [0, 0.05) is 18.7 Å². The van der Waals surface area contributed by atoms with Crippen LogP contribution < -0.4 is 10.6 Å².